The molecule has 0 radical (unpaired) electrons. The summed E-state index contributed by atoms with van der Waals surface area (Å²) in [6.07, 6.45) is 2.04. The SMILES string of the molecule is Cc1ccc2nc3c4ccccc4c(=O)n(Cc4ccccc4)c3n2c1. The molecule has 0 saturated carbocycles. The Morgan fingerprint density at radius 2 is 1.62 bits per heavy atom. The number of imidazole rings is 1. The minimum Gasteiger partial charge on any atom is -0.287 e. The summed E-state index contributed by atoms with van der Waals surface area (Å²) in [7, 11) is 0. The van der Waals surface area contributed by atoms with Gasteiger partial charge in [-0.15, -0.1) is 0 Å². The van der Waals surface area contributed by atoms with E-state index in [0.29, 0.717) is 11.9 Å². The Morgan fingerprint density at radius 1 is 0.885 bits per heavy atom. The molecule has 0 spiro atoms. The number of hydrogen-bond acceptors (Lipinski definition) is 2. The molecule has 0 N–H and O–H groups in total. The van der Waals surface area contributed by atoms with Crippen LogP contribution in [0.2, 0.25) is 0 Å². The molecule has 0 aliphatic heterocycles. The van der Waals surface area contributed by atoms with Crippen LogP contribution in [0.15, 0.2) is 77.7 Å². The van der Waals surface area contributed by atoms with E-state index in [4.69, 9.17) is 4.98 Å². The van der Waals surface area contributed by atoms with Crippen molar-refractivity contribution in [1.29, 1.82) is 0 Å². The van der Waals surface area contributed by atoms with E-state index in [9.17, 15) is 4.79 Å². The van der Waals surface area contributed by atoms with Gasteiger partial charge in [0.2, 0.25) is 0 Å². The fraction of sp³-hybridized carbons (Fsp3) is 0.0909. The number of fused-ring (bicyclic) bond motifs is 5. The van der Waals surface area contributed by atoms with E-state index in [1.165, 1.54) is 0 Å². The van der Waals surface area contributed by atoms with E-state index in [-0.39, 0.29) is 5.56 Å². The fourth-order valence-electron chi connectivity index (χ4n) is 3.61. The molecule has 3 heterocycles. The molecule has 0 aliphatic carbocycles. The molecule has 4 nitrogen and oxygen atoms in total. The van der Waals surface area contributed by atoms with Gasteiger partial charge in [-0.05, 0) is 30.2 Å². The van der Waals surface area contributed by atoms with Crippen LogP contribution in [0.1, 0.15) is 11.1 Å². The Bertz CT molecular complexity index is 1330. The highest BCUT2D eigenvalue weighted by Crippen LogP contribution is 2.24. The smallest absolute Gasteiger partial charge is 0.260 e. The number of aromatic nitrogens is 3. The Balaban J connectivity index is 1.97. The zero-order valence-corrected chi connectivity index (χ0v) is 14.4. The number of pyridine rings is 2. The highest BCUT2D eigenvalue weighted by Gasteiger charge is 2.16. The Morgan fingerprint density at radius 3 is 2.42 bits per heavy atom. The third-order valence-electron chi connectivity index (χ3n) is 4.84. The molecule has 0 atom stereocenters. The molecular formula is C22H17N3O. The van der Waals surface area contributed by atoms with Crippen molar-refractivity contribution in [3.8, 4) is 0 Å². The standard InChI is InChI=1S/C22H17N3O/c1-15-11-12-19-23-20-17-9-5-6-10-18(17)22(26)25(21(20)24(19)13-15)14-16-7-3-2-4-8-16/h2-13H,14H2,1H3. The minimum atomic E-state index is 0.0141. The maximum atomic E-state index is 13.3. The van der Waals surface area contributed by atoms with Crippen LogP contribution in [0.5, 0.6) is 0 Å². The van der Waals surface area contributed by atoms with Crippen molar-refractivity contribution in [3.05, 3.63) is 94.4 Å². The quantitative estimate of drug-likeness (QED) is 0.484. The van der Waals surface area contributed by atoms with Crippen LogP contribution in [0, 0.1) is 6.92 Å². The number of aryl methyl sites for hydroxylation is 1. The third kappa shape index (κ3) is 2.15. The van der Waals surface area contributed by atoms with Crippen molar-refractivity contribution in [2.45, 2.75) is 13.5 Å². The molecule has 4 heteroatoms. The van der Waals surface area contributed by atoms with E-state index in [2.05, 4.69) is 0 Å². The van der Waals surface area contributed by atoms with Crippen LogP contribution in [-0.4, -0.2) is 14.0 Å². The van der Waals surface area contributed by atoms with Crippen molar-refractivity contribution in [1.82, 2.24) is 14.0 Å². The van der Waals surface area contributed by atoms with Crippen molar-refractivity contribution in [2.24, 2.45) is 0 Å². The molecule has 0 bridgehead atoms. The van der Waals surface area contributed by atoms with Gasteiger partial charge in [-0.2, -0.15) is 0 Å². The van der Waals surface area contributed by atoms with E-state index >= 15 is 0 Å². The van der Waals surface area contributed by atoms with Crippen LogP contribution in [0.25, 0.3) is 27.6 Å². The van der Waals surface area contributed by atoms with Crippen molar-refractivity contribution in [2.75, 3.05) is 0 Å². The van der Waals surface area contributed by atoms with Crippen molar-refractivity contribution in [3.63, 3.8) is 0 Å². The molecular weight excluding hydrogens is 322 g/mol. The predicted molar refractivity (Wildman–Crippen MR) is 105 cm³/mol. The van der Waals surface area contributed by atoms with Gasteiger partial charge in [0.1, 0.15) is 16.8 Å². The van der Waals surface area contributed by atoms with Crippen LogP contribution in [0.3, 0.4) is 0 Å². The lowest BCUT2D eigenvalue weighted by atomic mass is 10.1. The normalized spacial score (nSPS) is 11.6. The molecule has 5 rings (SSSR count). The van der Waals surface area contributed by atoms with E-state index < -0.39 is 0 Å². The third-order valence-corrected chi connectivity index (χ3v) is 4.84. The van der Waals surface area contributed by atoms with Crippen LogP contribution in [0.4, 0.5) is 0 Å². The number of rotatable bonds is 2. The fourth-order valence-corrected chi connectivity index (χ4v) is 3.61. The van der Waals surface area contributed by atoms with E-state index in [0.717, 1.165) is 33.3 Å². The molecule has 26 heavy (non-hydrogen) atoms. The lowest BCUT2D eigenvalue weighted by molar-refractivity contribution is 0.786. The minimum absolute atomic E-state index is 0.0141. The molecule has 2 aromatic carbocycles. The predicted octanol–water partition coefficient (Wildman–Crippen LogP) is 4.16. The second-order valence-corrected chi connectivity index (χ2v) is 6.64. The van der Waals surface area contributed by atoms with Gasteiger partial charge in [-0.25, -0.2) is 4.98 Å². The summed E-state index contributed by atoms with van der Waals surface area (Å²) in [4.78, 5) is 18.1. The molecule has 0 aliphatic rings. The molecule has 0 fully saturated rings. The maximum Gasteiger partial charge on any atom is 0.260 e. The first kappa shape index (κ1) is 14.9. The summed E-state index contributed by atoms with van der Waals surface area (Å²) < 4.78 is 3.87. The average molecular weight is 339 g/mol. The summed E-state index contributed by atoms with van der Waals surface area (Å²) in [5.41, 5.74) is 4.79. The van der Waals surface area contributed by atoms with Gasteiger partial charge >= 0.3 is 0 Å². The second-order valence-electron chi connectivity index (χ2n) is 6.64. The van der Waals surface area contributed by atoms with Gasteiger partial charge in [0.05, 0.1) is 6.54 Å². The maximum absolute atomic E-state index is 13.3. The second kappa shape index (κ2) is 5.56. The monoisotopic (exact) mass is 339 g/mol. The van der Waals surface area contributed by atoms with Gasteiger partial charge in [0, 0.05) is 17.0 Å². The molecule has 3 aromatic heterocycles. The Labute approximate surface area is 150 Å². The van der Waals surface area contributed by atoms with Crippen LogP contribution in [-0.2, 0) is 6.54 Å². The van der Waals surface area contributed by atoms with Crippen LogP contribution < -0.4 is 5.56 Å². The molecule has 0 unspecified atom stereocenters. The van der Waals surface area contributed by atoms with Gasteiger partial charge in [0.25, 0.3) is 5.56 Å². The van der Waals surface area contributed by atoms with Crippen molar-refractivity contribution < 1.29 is 0 Å². The summed E-state index contributed by atoms with van der Waals surface area (Å²) in [5, 5.41) is 1.61. The number of benzene rings is 2. The molecule has 0 saturated heterocycles. The largest absolute Gasteiger partial charge is 0.287 e. The van der Waals surface area contributed by atoms with Gasteiger partial charge in [-0.1, -0.05) is 54.6 Å². The summed E-state index contributed by atoms with van der Waals surface area (Å²) >= 11 is 0. The lowest BCUT2D eigenvalue weighted by Crippen LogP contribution is -2.22. The van der Waals surface area contributed by atoms with E-state index in [1.807, 2.05) is 88.8 Å². The zero-order valence-electron chi connectivity index (χ0n) is 14.4. The van der Waals surface area contributed by atoms with Gasteiger partial charge in [0.15, 0.2) is 0 Å². The molecule has 126 valence electrons. The highest BCUT2D eigenvalue weighted by molar-refractivity contribution is 6.03. The van der Waals surface area contributed by atoms with Crippen LogP contribution >= 0.6 is 0 Å². The first-order valence-corrected chi connectivity index (χ1v) is 8.66. The van der Waals surface area contributed by atoms with Gasteiger partial charge < -0.3 is 0 Å². The number of nitrogens with zero attached hydrogens (tertiary/aromatic N) is 3. The average Bonchev–Trinajstić information content (AvgIpc) is 3.05. The first-order chi connectivity index (χ1) is 12.7. The van der Waals surface area contributed by atoms with Gasteiger partial charge in [-0.3, -0.25) is 13.8 Å². The Hall–Kier alpha value is -3.40. The highest BCUT2D eigenvalue weighted by atomic mass is 16.1. The number of hydrogen-bond donors (Lipinski definition) is 0. The molecule has 5 aromatic rings. The summed E-state index contributed by atoms with van der Waals surface area (Å²) in [6, 6.07) is 21.8. The van der Waals surface area contributed by atoms with E-state index in [1.54, 1.807) is 0 Å². The first-order valence-electron chi connectivity index (χ1n) is 8.66. The summed E-state index contributed by atoms with van der Waals surface area (Å²) in [6.45, 7) is 2.56. The summed E-state index contributed by atoms with van der Waals surface area (Å²) in [5.74, 6) is 0. The zero-order chi connectivity index (χ0) is 17.7. The Kier molecular flexibility index (Phi) is 3.19. The van der Waals surface area contributed by atoms with Crippen molar-refractivity contribution >= 4 is 27.6 Å². The molecule has 0 amide bonds. The lowest BCUT2D eigenvalue weighted by Gasteiger charge is -2.11. The topological polar surface area (TPSA) is 39.3 Å².